The second kappa shape index (κ2) is 15.3. The second-order valence-electron chi connectivity index (χ2n) is 10.3. The summed E-state index contributed by atoms with van der Waals surface area (Å²) in [6.07, 6.45) is 0. The minimum atomic E-state index is -4.00. The molecule has 7 nitrogen and oxygen atoms in total. The molecule has 0 saturated heterocycles. The van der Waals surface area contributed by atoms with Gasteiger partial charge in [-0.2, -0.15) is 0 Å². The van der Waals surface area contributed by atoms with E-state index in [2.05, 4.69) is 9.71 Å². The van der Waals surface area contributed by atoms with Crippen LogP contribution in [-0.4, -0.2) is 26.6 Å². The van der Waals surface area contributed by atoms with Crippen molar-refractivity contribution in [2.24, 2.45) is 0 Å². The molecule has 0 radical (unpaired) electrons. The van der Waals surface area contributed by atoms with Gasteiger partial charge < -0.3 is 14.4 Å². The molecule has 0 saturated carbocycles. The predicted octanol–water partition coefficient (Wildman–Crippen LogP) is 9.47. The normalized spacial score (nSPS) is 11.2. The lowest BCUT2D eigenvalue weighted by Gasteiger charge is -2.27. The fraction of sp³-hybridized carbons (Fsp3) is 0.147. The number of para-hydroxylation sites is 1. The Morgan fingerprint density at radius 1 is 0.761 bits per heavy atom. The number of halogens is 4. The van der Waals surface area contributed by atoms with Crippen LogP contribution in [0.2, 0.25) is 20.4 Å². The maximum absolute atomic E-state index is 13.5. The van der Waals surface area contributed by atoms with Gasteiger partial charge in [-0.1, -0.05) is 119 Å². The number of ether oxygens (including phenoxy) is 2. The van der Waals surface area contributed by atoms with E-state index in [0.717, 1.165) is 16.7 Å². The lowest BCUT2D eigenvalue weighted by atomic mass is 10.2. The first kappa shape index (κ1) is 33.7. The van der Waals surface area contributed by atoms with E-state index in [1.807, 2.05) is 78.6 Å². The third-order valence-electron chi connectivity index (χ3n) is 6.82. The van der Waals surface area contributed by atoms with Crippen LogP contribution >= 0.6 is 46.4 Å². The fourth-order valence-electron chi connectivity index (χ4n) is 4.73. The molecule has 46 heavy (non-hydrogen) atoms. The molecule has 0 atom stereocenters. The summed E-state index contributed by atoms with van der Waals surface area (Å²) in [6.45, 7) is 3.05. The van der Waals surface area contributed by atoms with Gasteiger partial charge in [0.25, 0.3) is 10.0 Å². The minimum absolute atomic E-state index is 0.0230. The summed E-state index contributed by atoms with van der Waals surface area (Å²) in [6, 6.07) is 31.0. The van der Waals surface area contributed by atoms with E-state index < -0.39 is 10.0 Å². The van der Waals surface area contributed by atoms with Gasteiger partial charge in [0, 0.05) is 12.6 Å². The van der Waals surface area contributed by atoms with Crippen LogP contribution in [0.1, 0.15) is 16.7 Å². The number of aromatic nitrogens is 1. The summed E-state index contributed by atoms with van der Waals surface area (Å²) in [5.41, 5.74) is 3.49. The van der Waals surface area contributed by atoms with Gasteiger partial charge in [-0.15, -0.1) is 0 Å². The van der Waals surface area contributed by atoms with Gasteiger partial charge in [0.05, 0.1) is 17.9 Å². The van der Waals surface area contributed by atoms with Crippen molar-refractivity contribution in [1.29, 1.82) is 0 Å². The van der Waals surface area contributed by atoms with Crippen LogP contribution in [0.5, 0.6) is 11.5 Å². The molecule has 0 amide bonds. The third kappa shape index (κ3) is 8.57. The summed E-state index contributed by atoms with van der Waals surface area (Å²) < 4.78 is 41.7. The molecule has 0 fully saturated rings. The van der Waals surface area contributed by atoms with Crippen molar-refractivity contribution in [3.8, 4) is 11.5 Å². The van der Waals surface area contributed by atoms with Crippen molar-refractivity contribution in [3.05, 3.63) is 140 Å². The van der Waals surface area contributed by atoms with Crippen molar-refractivity contribution in [2.45, 2.75) is 25.0 Å². The largest absolute Gasteiger partial charge is 0.492 e. The van der Waals surface area contributed by atoms with E-state index in [0.29, 0.717) is 30.2 Å². The molecular weight excluding hydrogens is 688 g/mol. The van der Waals surface area contributed by atoms with E-state index in [1.54, 1.807) is 30.3 Å². The highest BCUT2D eigenvalue weighted by Crippen LogP contribution is 2.42. The number of pyridine rings is 1. The summed E-state index contributed by atoms with van der Waals surface area (Å²) in [5.74, 6) is 0.712. The maximum atomic E-state index is 13.5. The minimum Gasteiger partial charge on any atom is -0.492 e. The highest BCUT2D eigenvalue weighted by atomic mass is 35.5. The van der Waals surface area contributed by atoms with Crippen molar-refractivity contribution in [2.75, 3.05) is 22.8 Å². The van der Waals surface area contributed by atoms with Crippen molar-refractivity contribution < 1.29 is 17.9 Å². The van der Waals surface area contributed by atoms with Crippen LogP contribution in [0, 0.1) is 6.92 Å². The smallest absolute Gasteiger partial charge is 0.265 e. The van der Waals surface area contributed by atoms with Gasteiger partial charge in [0.15, 0.2) is 10.3 Å². The van der Waals surface area contributed by atoms with Gasteiger partial charge in [-0.25, -0.2) is 13.4 Å². The summed E-state index contributed by atoms with van der Waals surface area (Å²) in [5, 5.41) is 0.417. The molecule has 1 heterocycles. The number of benzene rings is 4. The molecule has 0 unspecified atom stereocenters. The van der Waals surface area contributed by atoms with E-state index in [9.17, 15) is 8.42 Å². The first-order chi connectivity index (χ1) is 22.1. The zero-order valence-corrected chi connectivity index (χ0v) is 28.4. The number of nitrogens with one attached hydrogen (secondary N) is 1. The van der Waals surface area contributed by atoms with Gasteiger partial charge in [0.2, 0.25) is 0 Å². The number of nitrogens with zero attached hydrogens (tertiary/aromatic N) is 2. The highest BCUT2D eigenvalue weighted by molar-refractivity contribution is 7.92. The standard InChI is InChI=1S/C34H29Cl4N3O4S/c1-23-18-26(40-46(42,43)29-15-9-8-14-28(29)45-22-25-12-6-3-7-13-25)20-27(19-23)44-17-16-41(21-24-10-4-2-5-11-24)32-30(35)33(37)39-34(38)31(32)36/h2-15,18-20,40H,16-17,21-22H2,1H3. The van der Waals surface area contributed by atoms with E-state index in [4.69, 9.17) is 55.9 Å². The number of hydrogen-bond acceptors (Lipinski definition) is 6. The molecule has 12 heteroatoms. The monoisotopic (exact) mass is 715 g/mol. The molecule has 0 spiro atoms. The molecular formula is C34H29Cl4N3O4S. The number of hydrogen-bond donors (Lipinski definition) is 1. The Balaban J connectivity index is 1.32. The molecule has 0 bridgehead atoms. The van der Waals surface area contributed by atoms with Crippen molar-refractivity contribution >= 4 is 67.8 Å². The topological polar surface area (TPSA) is 80.8 Å². The predicted molar refractivity (Wildman–Crippen MR) is 186 cm³/mol. The Hall–Kier alpha value is -3.66. The molecule has 0 aliphatic heterocycles. The molecule has 1 N–H and O–H groups in total. The van der Waals surface area contributed by atoms with Crippen LogP contribution in [0.4, 0.5) is 11.4 Å². The average Bonchev–Trinajstić information content (AvgIpc) is 3.03. The first-order valence-corrected chi connectivity index (χ1v) is 17.1. The van der Waals surface area contributed by atoms with E-state index >= 15 is 0 Å². The maximum Gasteiger partial charge on any atom is 0.265 e. The van der Waals surface area contributed by atoms with E-state index in [-0.39, 0.29) is 44.2 Å². The Kier molecular flexibility index (Phi) is 11.2. The van der Waals surface area contributed by atoms with Crippen LogP contribution in [0.15, 0.2) is 108 Å². The number of aryl methyl sites for hydroxylation is 1. The van der Waals surface area contributed by atoms with Gasteiger partial charge in [0.1, 0.15) is 39.7 Å². The quantitative estimate of drug-likeness (QED) is 0.122. The number of rotatable bonds is 13. The molecule has 1 aromatic heterocycles. The fourth-order valence-corrected chi connectivity index (χ4v) is 6.87. The van der Waals surface area contributed by atoms with Crippen LogP contribution in [0.25, 0.3) is 0 Å². The molecule has 5 rings (SSSR count). The van der Waals surface area contributed by atoms with Gasteiger partial charge in [-0.05, 0) is 47.9 Å². The lowest BCUT2D eigenvalue weighted by Crippen LogP contribution is -2.28. The van der Waals surface area contributed by atoms with Crippen molar-refractivity contribution in [3.63, 3.8) is 0 Å². The van der Waals surface area contributed by atoms with Crippen LogP contribution in [-0.2, 0) is 23.2 Å². The Morgan fingerprint density at radius 3 is 2.04 bits per heavy atom. The van der Waals surface area contributed by atoms with E-state index in [1.165, 1.54) is 6.07 Å². The number of anilines is 2. The lowest BCUT2D eigenvalue weighted by molar-refractivity contribution is 0.298. The Morgan fingerprint density at radius 2 is 1.37 bits per heavy atom. The Labute approximate surface area is 288 Å². The van der Waals surface area contributed by atoms with Crippen molar-refractivity contribution in [1.82, 2.24) is 4.98 Å². The SMILES string of the molecule is Cc1cc(NS(=O)(=O)c2ccccc2OCc2ccccc2)cc(OCCN(Cc2ccccc2)c2c(Cl)c(Cl)nc(Cl)c2Cl)c1. The molecule has 238 valence electrons. The third-order valence-corrected chi connectivity index (χ3v) is 9.69. The van der Waals surface area contributed by atoms with Gasteiger partial charge in [-0.3, -0.25) is 4.72 Å². The van der Waals surface area contributed by atoms with Gasteiger partial charge >= 0.3 is 0 Å². The summed E-state index contributed by atoms with van der Waals surface area (Å²) in [7, 11) is -4.00. The van der Waals surface area contributed by atoms with Crippen LogP contribution in [0.3, 0.4) is 0 Å². The zero-order chi connectivity index (χ0) is 32.7. The molecule has 4 aromatic carbocycles. The summed E-state index contributed by atoms with van der Waals surface area (Å²) >= 11 is 25.6. The zero-order valence-electron chi connectivity index (χ0n) is 24.6. The number of sulfonamides is 1. The average molecular weight is 718 g/mol. The second-order valence-corrected chi connectivity index (χ2v) is 13.4. The Bertz CT molecular complexity index is 1890. The first-order valence-electron chi connectivity index (χ1n) is 14.1. The van der Waals surface area contributed by atoms with Crippen LogP contribution < -0.4 is 19.1 Å². The summed E-state index contributed by atoms with van der Waals surface area (Å²) in [4.78, 5) is 5.93. The highest BCUT2D eigenvalue weighted by Gasteiger charge is 2.23. The molecule has 0 aliphatic carbocycles. The molecule has 5 aromatic rings. The molecule has 0 aliphatic rings.